The molecular weight excluding hydrogens is 188 g/mol. The van der Waals surface area contributed by atoms with Gasteiger partial charge in [0.1, 0.15) is 5.76 Å². The monoisotopic (exact) mass is 196 g/mol. The van der Waals surface area contributed by atoms with Gasteiger partial charge in [-0.3, -0.25) is 14.9 Å². The number of carbonyl (C=O) groups is 1. The maximum absolute atomic E-state index is 10.6. The van der Waals surface area contributed by atoms with E-state index in [9.17, 15) is 20.0 Å². The van der Waals surface area contributed by atoms with Crippen LogP contribution in [0.2, 0.25) is 0 Å². The van der Waals surface area contributed by atoms with Gasteiger partial charge < -0.3 is 10.4 Å². The van der Waals surface area contributed by atoms with Crippen LogP contribution in [0.5, 0.6) is 0 Å². The lowest BCUT2D eigenvalue weighted by Crippen LogP contribution is -2.19. The molecule has 0 atom stereocenters. The zero-order chi connectivity index (χ0) is 10.7. The van der Waals surface area contributed by atoms with E-state index >= 15 is 0 Å². The number of hydrogen-bond acceptors (Lipinski definition) is 4. The summed E-state index contributed by atoms with van der Waals surface area (Å²) in [6.45, 7) is 1.28. The number of hydrogen-bond donors (Lipinski definition) is 2. The molecule has 0 saturated carbocycles. The van der Waals surface area contributed by atoms with Crippen molar-refractivity contribution in [1.29, 1.82) is 0 Å². The average molecular weight is 196 g/mol. The number of carbonyl (C=O) groups excluding carboxylic acids is 1. The normalized spacial score (nSPS) is 17.6. The Hall–Kier alpha value is -2.11. The molecule has 0 fully saturated rings. The molecule has 6 heteroatoms. The van der Waals surface area contributed by atoms with E-state index in [0.29, 0.717) is 0 Å². The van der Waals surface area contributed by atoms with Gasteiger partial charge in [-0.2, -0.15) is 0 Å². The molecule has 0 unspecified atom stereocenters. The predicted octanol–water partition coefficient (Wildman–Crippen LogP) is 0.623. The Kier molecular flexibility index (Phi) is 2.66. The molecule has 0 bridgehead atoms. The summed E-state index contributed by atoms with van der Waals surface area (Å²) in [4.78, 5) is 20.1. The number of nitrogens with one attached hydrogen (secondary N) is 1. The highest BCUT2D eigenvalue weighted by atomic mass is 16.6. The minimum absolute atomic E-state index is 0.172. The molecule has 0 heterocycles. The Balaban J connectivity index is 2.87. The van der Waals surface area contributed by atoms with Crippen LogP contribution in [0.15, 0.2) is 35.4 Å². The minimum atomic E-state index is -0.633. The predicted molar refractivity (Wildman–Crippen MR) is 47.7 cm³/mol. The molecule has 1 aliphatic rings. The SMILES string of the molecule is CC(=O)NC1=CC(=C[N+](=O)[O-])C=C1O. The third kappa shape index (κ3) is 2.44. The van der Waals surface area contributed by atoms with Gasteiger partial charge >= 0.3 is 0 Å². The van der Waals surface area contributed by atoms with Crippen LogP contribution in [0.3, 0.4) is 0 Å². The van der Waals surface area contributed by atoms with Gasteiger partial charge in [-0.25, -0.2) is 0 Å². The van der Waals surface area contributed by atoms with Crippen molar-refractivity contribution in [3.63, 3.8) is 0 Å². The minimum Gasteiger partial charge on any atom is -0.506 e. The molecule has 2 N–H and O–H groups in total. The Labute approximate surface area is 79.4 Å². The van der Waals surface area contributed by atoms with E-state index in [4.69, 9.17) is 0 Å². The summed E-state index contributed by atoms with van der Waals surface area (Å²) in [5.41, 5.74) is 0.404. The van der Waals surface area contributed by atoms with E-state index < -0.39 is 4.92 Å². The number of allylic oxidation sites excluding steroid dienone is 3. The number of aliphatic hydroxyl groups is 1. The van der Waals surface area contributed by atoms with E-state index in [1.807, 2.05) is 0 Å². The van der Waals surface area contributed by atoms with Gasteiger partial charge in [0.25, 0.3) is 0 Å². The molecule has 6 nitrogen and oxygen atoms in total. The summed E-state index contributed by atoms with van der Waals surface area (Å²) in [5.74, 6) is -0.535. The molecule has 0 saturated heterocycles. The van der Waals surface area contributed by atoms with Crippen LogP contribution in [0.4, 0.5) is 0 Å². The molecule has 0 aromatic heterocycles. The van der Waals surface area contributed by atoms with Crippen molar-refractivity contribution < 1.29 is 14.8 Å². The van der Waals surface area contributed by atoms with E-state index in [1.54, 1.807) is 0 Å². The van der Waals surface area contributed by atoms with Crippen LogP contribution in [-0.4, -0.2) is 15.9 Å². The third-order valence-corrected chi connectivity index (χ3v) is 1.46. The summed E-state index contributed by atoms with van der Waals surface area (Å²) in [5, 5.41) is 21.7. The van der Waals surface area contributed by atoms with Gasteiger partial charge in [-0.15, -0.1) is 0 Å². The lowest BCUT2D eigenvalue weighted by atomic mass is 10.3. The topological polar surface area (TPSA) is 92.5 Å². The fourth-order valence-corrected chi connectivity index (χ4v) is 1.00. The second-order valence-electron chi connectivity index (χ2n) is 2.68. The molecule has 0 aliphatic heterocycles. The Morgan fingerprint density at radius 2 is 2.29 bits per heavy atom. The average Bonchev–Trinajstić information content (AvgIpc) is 2.28. The fourth-order valence-electron chi connectivity index (χ4n) is 1.00. The highest BCUT2D eigenvalue weighted by Crippen LogP contribution is 2.18. The molecule has 1 aliphatic carbocycles. The highest BCUT2D eigenvalue weighted by molar-refractivity contribution is 5.76. The lowest BCUT2D eigenvalue weighted by molar-refractivity contribution is -0.403. The Morgan fingerprint density at radius 3 is 2.79 bits per heavy atom. The maximum Gasteiger partial charge on any atom is 0.241 e. The molecule has 0 radical (unpaired) electrons. The Bertz CT molecular complexity index is 379. The third-order valence-electron chi connectivity index (χ3n) is 1.46. The van der Waals surface area contributed by atoms with Crippen molar-refractivity contribution in [1.82, 2.24) is 5.32 Å². The molecule has 1 amide bonds. The maximum atomic E-state index is 10.6. The van der Waals surface area contributed by atoms with Crippen molar-refractivity contribution in [3.05, 3.63) is 45.5 Å². The van der Waals surface area contributed by atoms with Crippen molar-refractivity contribution in [2.75, 3.05) is 0 Å². The second-order valence-corrected chi connectivity index (χ2v) is 2.68. The summed E-state index contributed by atoms with van der Waals surface area (Å²) < 4.78 is 0. The molecule has 0 aromatic carbocycles. The van der Waals surface area contributed by atoms with Crippen molar-refractivity contribution in [2.45, 2.75) is 6.92 Å². The van der Waals surface area contributed by atoms with Crippen LogP contribution < -0.4 is 5.32 Å². The van der Waals surface area contributed by atoms with Gasteiger partial charge in [0, 0.05) is 6.92 Å². The number of rotatable bonds is 2. The van der Waals surface area contributed by atoms with Crippen LogP contribution in [0, 0.1) is 10.1 Å². The van der Waals surface area contributed by atoms with E-state index in [0.717, 1.165) is 6.20 Å². The van der Waals surface area contributed by atoms with E-state index in [-0.39, 0.29) is 22.9 Å². The number of nitro groups is 1. The zero-order valence-corrected chi connectivity index (χ0v) is 7.35. The summed E-state index contributed by atoms with van der Waals surface area (Å²) >= 11 is 0. The van der Waals surface area contributed by atoms with Crippen molar-refractivity contribution in [2.24, 2.45) is 0 Å². The van der Waals surface area contributed by atoms with E-state index in [1.165, 1.54) is 19.1 Å². The largest absolute Gasteiger partial charge is 0.506 e. The van der Waals surface area contributed by atoms with Crippen molar-refractivity contribution >= 4 is 5.91 Å². The first-order valence-electron chi connectivity index (χ1n) is 3.74. The lowest BCUT2D eigenvalue weighted by Gasteiger charge is -2.00. The van der Waals surface area contributed by atoms with E-state index in [2.05, 4.69) is 5.32 Å². The van der Waals surface area contributed by atoms with Crippen LogP contribution in [0.25, 0.3) is 0 Å². The summed E-state index contributed by atoms with van der Waals surface area (Å²) in [7, 11) is 0. The molecule has 0 aromatic rings. The number of amides is 1. The van der Waals surface area contributed by atoms with Gasteiger partial charge in [0.2, 0.25) is 12.1 Å². The van der Waals surface area contributed by atoms with Crippen molar-refractivity contribution in [3.8, 4) is 0 Å². The number of aliphatic hydroxyl groups excluding tert-OH is 1. The smallest absolute Gasteiger partial charge is 0.241 e. The standard InChI is InChI=1S/C8H8N2O4/c1-5(11)9-7-2-6(3-8(7)12)4-10(13)14/h2-4,12H,1H3,(H,9,11). The summed E-state index contributed by atoms with van der Waals surface area (Å²) in [6.07, 6.45) is 3.26. The molecule has 14 heavy (non-hydrogen) atoms. The summed E-state index contributed by atoms with van der Waals surface area (Å²) in [6, 6.07) is 0. The highest BCUT2D eigenvalue weighted by Gasteiger charge is 2.14. The fraction of sp³-hybridized carbons (Fsp3) is 0.125. The van der Waals surface area contributed by atoms with Gasteiger partial charge in [-0.1, -0.05) is 0 Å². The zero-order valence-electron chi connectivity index (χ0n) is 7.35. The van der Waals surface area contributed by atoms with Gasteiger partial charge in [0.05, 0.1) is 16.2 Å². The second kappa shape index (κ2) is 3.73. The first-order chi connectivity index (χ1) is 6.49. The van der Waals surface area contributed by atoms with Crippen LogP contribution in [-0.2, 0) is 4.79 Å². The number of nitrogens with zero attached hydrogens (tertiary/aromatic N) is 1. The Morgan fingerprint density at radius 1 is 1.64 bits per heavy atom. The van der Waals surface area contributed by atoms with Gasteiger partial charge in [0.15, 0.2) is 0 Å². The first-order valence-corrected chi connectivity index (χ1v) is 3.74. The quantitative estimate of drug-likeness (QED) is 0.500. The first kappa shape index (κ1) is 9.97. The molecule has 0 spiro atoms. The molecule has 1 rings (SSSR count). The van der Waals surface area contributed by atoms with Crippen LogP contribution >= 0.6 is 0 Å². The van der Waals surface area contributed by atoms with Gasteiger partial charge in [-0.05, 0) is 12.2 Å². The molecule has 74 valence electrons. The van der Waals surface area contributed by atoms with Crippen LogP contribution in [0.1, 0.15) is 6.92 Å². The molecular formula is C8H8N2O4.